The number of H-pyrrole nitrogens is 1. The number of aromatic amines is 1. The Morgan fingerprint density at radius 2 is 2.23 bits per heavy atom. The van der Waals surface area contributed by atoms with Gasteiger partial charge in [0, 0.05) is 42.5 Å². The largest absolute Gasteiger partial charge is 0.475 e. The number of aryl methyl sites for hydroxylation is 1. The van der Waals surface area contributed by atoms with E-state index < -0.39 is 0 Å². The van der Waals surface area contributed by atoms with E-state index in [9.17, 15) is 0 Å². The normalized spacial score (nSPS) is 17.1. The smallest absolute Gasteiger partial charge is 0.218 e. The molecule has 5 nitrogen and oxygen atoms in total. The van der Waals surface area contributed by atoms with E-state index in [1.165, 1.54) is 10.9 Å². The lowest BCUT2D eigenvalue weighted by Gasteiger charge is -2.01. The fourth-order valence-corrected chi connectivity index (χ4v) is 2.83. The van der Waals surface area contributed by atoms with Gasteiger partial charge < -0.3 is 14.3 Å². The number of para-hydroxylation sites is 1. The summed E-state index contributed by atoms with van der Waals surface area (Å²) >= 11 is 0. The van der Waals surface area contributed by atoms with Crippen molar-refractivity contribution in [2.75, 3.05) is 6.61 Å². The zero-order valence-corrected chi connectivity index (χ0v) is 13.0. The maximum atomic E-state index is 5.82. The lowest BCUT2D eigenvalue weighted by molar-refractivity contribution is 0.316. The molecule has 0 radical (unpaired) electrons. The molecule has 0 saturated heterocycles. The van der Waals surface area contributed by atoms with E-state index in [-0.39, 0.29) is 18.4 Å². The second kappa shape index (κ2) is 5.85. The first-order chi connectivity index (χ1) is 10.3. The van der Waals surface area contributed by atoms with Crippen LogP contribution in [0.5, 0.6) is 0 Å². The molecule has 1 atom stereocenters. The average Bonchev–Trinajstić information content (AvgIpc) is 3.21. The Labute approximate surface area is 134 Å². The molecule has 1 aromatic carbocycles. The molecule has 0 fully saturated rings. The summed E-state index contributed by atoms with van der Waals surface area (Å²) in [5, 5.41) is 1.18. The molecule has 0 amide bonds. The van der Waals surface area contributed by atoms with Crippen molar-refractivity contribution in [2.24, 2.45) is 12.0 Å². The van der Waals surface area contributed by atoms with Crippen molar-refractivity contribution >= 4 is 29.2 Å². The zero-order valence-electron chi connectivity index (χ0n) is 12.2. The summed E-state index contributed by atoms with van der Waals surface area (Å²) in [6.45, 7) is 0.623. The van der Waals surface area contributed by atoms with E-state index in [2.05, 4.69) is 32.9 Å². The van der Waals surface area contributed by atoms with Gasteiger partial charge in [0.15, 0.2) is 0 Å². The van der Waals surface area contributed by atoms with E-state index in [1.54, 1.807) is 6.33 Å². The van der Waals surface area contributed by atoms with Crippen LogP contribution in [0.3, 0.4) is 0 Å². The monoisotopic (exact) mass is 316 g/mol. The van der Waals surface area contributed by atoms with Crippen LogP contribution in [0.25, 0.3) is 10.9 Å². The predicted molar refractivity (Wildman–Crippen MR) is 88.7 cm³/mol. The van der Waals surface area contributed by atoms with Crippen LogP contribution in [0.2, 0.25) is 0 Å². The van der Waals surface area contributed by atoms with Crippen LogP contribution in [0.4, 0.5) is 0 Å². The van der Waals surface area contributed by atoms with Crippen molar-refractivity contribution in [1.29, 1.82) is 0 Å². The third-order valence-electron chi connectivity index (χ3n) is 3.85. The lowest BCUT2D eigenvalue weighted by atomic mass is 10.2. The molecule has 114 valence electrons. The first-order valence-electron chi connectivity index (χ1n) is 7.03. The van der Waals surface area contributed by atoms with Crippen molar-refractivity contribution in [3.05, 3.63) is 54.2 Å². The summed E-state index contributed by atoms with van der Waals surface area (Å²) in [7, 11) is 2.05. The van der Waals surface area contributed by atoms with Crippen molar-refractivity contribution in [3.63, 3.8) is 0 Å². The molecule has 2 aromatic heterocycles. The van der Waals surface area contributed by atoms with E-state index in [0.717, 1.165) is 23.6 Å². The first-order valence-corrected chi connectivity index (χ1v) is 7.03. The van der Waals surface area contributed by atoms with E-state index in [0.29, 0.717) is 6.61 Å². The summed E-state index contributed by atoms with van der Waals surface area (Å²) in [4.78, 5) is 11.9. The Bertz CT molecular complexity index is 807. The van der Waals surface area contributed by atoms with Crippen LogP contribution in [0.15, 0.2) is 48.0 Å². The molecule has 0 unspecified atom stereocenters. The predicted octanol–water partition coefficient (Wildman–Crippen LogP) is 2.71. The lowest BCUT2D eigenvalue weighted by Crippen LogP contribution is -2.10. The molecule has 3 aromatic rings. The van der Waals surface area contributed by atoms with Crippen molar-refractivity contribution in [3.8, 4) is 0 Å². The van der Waals surface area contributed by atoms with Crippen molar-refractivity contribution in [2.45, 2.75) is 12.5 Å². The first kappa shape index (κ1) is 14.7. The van der Waals surface area contributed by atoms with E-state index in [1.807, 2.05) is 25.4 Å². The number of hydrogen-bond donors (Lipinski definition) is 1. The number of imidazole rings is 1. The number of halogens is 1. The highest BCUT2D eigenvalue weighted by atomic mass is 35.5. The Hall–Kier alpha value is -2.27. The van der Waals surface area contributed by atoms with Gasteiger partial charge in [-0.2, -0.15) is 0 Å². The van der Waals surface area contributed by atoms with Crippen LogP contribution < -0.4 is 0 Å². The topological polar surface area (TPSA) is 55.2 Å². The van der Waals surface area contributed by atoms with Gasteiger partial charge in [0.1, 0.15) is 6.61 Å². The molecule has 1 aliphatic rings. The zero-order chi connectivity index (χ0) is 14.2. The summed E-state index contributed by atoms with van der Waals surface area (Å²) in [6, 6.07) is 8.46. The number of ether oxygens (including phenoxy) is 1. The second-order valence-electron chi connectivity index (χ2n) is 5.35. The number of aromatic nitrogens is 3. The van der Waals surface area contributed by atoms with Gasteiger partial charge in [0.25, 0.3) is 0 Å². The highest BCUT2D eigenvalue weighted by Gasteiger charge is 2.23. The number of rotatable bonds is 3. The SMILES string of the molecule is Cl.Cn1cc(C2=N[C@H](Cc3cnc[nH]3)CO2)c2ccccc21. The van der Waals surface area contributed by atoms with Crippen LogP contribution in [0.1, 0.15) is 11.3 Å². The molecule has 3 heterocycles. The highest BCUT2D eigenvalue weighted by molar-refractivity contribution is 6.07. The number of nitrogens with one attached hydrogen (secondary N) is 1. The minimum atomic E-state index is 0. The maximum absolute atomic E-state index is 5.82. The molecule has 1 N–H and O–H groups in total. The Morgan fingerprint density at radius 1 is 1.36 bits per heavy atom. The molecular formula is C16H17ClN4O. The summed E-state index contributed by atoms with van der Waals surface area (Å²) in [6.07, 6.45) is 6.45. The summed E-state index contributed by atoms with van der Waals surface area (Å²) in [5.41, 5.74) is 3.35. The van der Waals surface area contributed by atoms with Crippen molar-refractivity contribution < 1.29 is 4.74 Å². The van der Waals surface area contributed by atoms with E-state index >= 15 is 0 Å². The second-order valence-corrected chi connectivity index (χ2v) is 5.35. The molecule has 0 bridgehead atoms. The van der Waals surface area contributed by atoms with Gasteiger partial charge >= 0.3 is 0 Å². The molecule has 0 spiro atoms. The van der Waals surface area contributed by atoms with Gasteiger partial charge in [-0.25, -0.2) is 9.98 Å². The van der Waals surface area contributed by atoms with E-state index in [4.69, 9.17) is 9.73 Å². The fraction of sp³-hybridized carbons (Fsp3) is 0.250. The summed E-state index contributed by atoms with van der Waals surface area (Å²) in [5.74, 6) is 0.747. The minimum Gasteiger partial charge on any atom is -0.475 e. The van der Waals surface area contributed by atoms with Crippen LogP contribution in [-0.2, 0) is 18.2 Å². The van der Waals surface area contributed by atoms with Gasteiger partial charge in [-0.1, -0.05) is 18.2 Å². The Morgan fingerprint density at radius 3 is 3.05 bits per heavy atom. The third kappa shape index (κ3) is 2.48. The molecule has 6 heteroatoms. The Balaban J connectivity index is 0.00000144. The minimum absolute atomic E-state index is 0. The number of benzene rings is 1. The van der Waals surface area contributed by atoms with Gasteiger partial charge in [-0.15, -0.1) is 12.4 Å². The third-order valence-corrected chi connectivity index (χ3v) is 3.85. The van der Waals surface area contributed by atoms with Crippen LogP contribution in [-0.4, -0.2) is 33.1 Å². The number of hydrogen-bond acceptors (Lipinski definition) is 3. The van der Waals surface area contributed by atoms with Gasteiger partial charge in [-0.3, -0.25) is 0 Å². The van der Waals surface area contributed by atoms with Gasteiger partial charge in [0.05, 0.1) is 17.9 Å². The highest BCUT2D eigenvalue weighted by Crippen LogP contribution is 2.24. The maximum Gasteiger partial charge on any atom is 0.218 e. The van der Waals surface area contributed by atoms with Gasteiger partial charge in [0.2, 0.25) is 5.90 Å². The van der Waals surface area contributed by atoms with Crippen LogP contribution >= 0.6 is 12.4 Å². The molecule has 4 rings (SSSR count). The van der Waals surface area contributed by atoms with Crippen molar-refractivity contribution in [1.82, 2.24) is 14.5 Å². The standard InChI is InChI=1S/C16H16N4O.ClH/c1-20-8-14(13-4-2-3-5-15(13)20)16-19-12(9-21-16)6-11-7-17-10-18-11;/h2-5,7-8,10,12H,6,9H2,1H3,(H,17,18);1H/t12-;/m1./s1. The summed E-state index contributed by atoms with van der Waals surface area (Å²) < 4.78 is 7.93. The average molecular weight is 317 g/mol. The number of nitrogens with zero attached hydrogens (tertiary/aromatic N) is 3. The van der Waals surface area contributed by atoms with Crippen LogP contribution in [0, 0.1) is 0 Å². The molecule has 22 heavy (non-hydrogen) atoms. The van der Waals surface area contributed by atoms with Gasteiger partial charge in [-0.05, 0) is 6.07 Å². The number of aliphatic imine (C=N–C) groups is 1. The molecule has 0 saturated carbocycles. The molecule has 1 aliphatic heterocycles. The Kier molecular flexibility index (Phi) is 3.90. The molecule has 0 aliphatic carbocycles. The fourth-order valence-electron chi connectivity index (χ4n) is 2.83. The molecular weight excluding hydrogens is 300 g/mol. The quantitative estimate of drug-likeness (QED) is 0.807. The number of fused-ring (bicyclic) bond motifs is 1.